The molecule has 2 N–H and O–H groups in total. The third-order valence-electron chi connectivity index (χ3n) is 3.27. The van der Waals surface area contributed by atoms with Crippen molar-refractivity contribution < 1.29 is 4.79 Å². The molecule has 1 aliphatic rings. The topological polar surface area (TPSA) is 83.6 Å². The van der Waals surface area contributed by atoms with Crippen LogP contribution in [-0.4, -0.2) is 32.6 Å². The van der Waals surface area contributed by atoms with Crippen LogP contribution in [0, 0.1) is 5.92 Å². The molecule has 1 fully saturated rings. The largest absolute Gasteiger partial charge is 0.353 e. The van der Waals surface area contributed by atoms with Crippen LogP contribution < -0.4 is 5.32 Å². The van der Waals surface area contributed by atoms with Gasteiger partial charge in [-0.05, 0) is 18.8 Å². The molecule has 0 aromatic carbocycles. The van der Waals surface area contributed by atoms with Crippen LogP contribution in [0.4, 0.5) is 0 Å². The van der Waals surface area contributed by atoms with Gasteiger partial charge in [-0.3, -0.25) is 4.79 Å². The van der Waals surface area contributed by atoms with E-state index in [0.717, 1.165) is 18.8 Å². The molecule has 1 aliphatic carbocycles. The Kier molecular flexibility index (Phi) is 4.06. The van der Waals surface area contributed by atoms with E-state index in [1.165, 1.54) is 12.8 Å². The molecule has 17 heavy (non-hydrogen) atoms. The molecule has 1 heterocycles. The number of amides is 1. The summed E-state index contributed by atoms with van der Waals surface area (Å²) in [5.74, 6) is 1.41. The number of rotatable bonds is 4. The average Bonchev–Trinajstić information content (AvgIpc) is 2.79. The predicted octanol–water partition coefficient (Wildman–Crippen LogP) is 0.827. The molecule has 0 aliphatic heterocycles. The van der Waals surface area contributed by atoms with Crippen molar-refractivity contribution in [3.05, 3.63) is 5.82 Å². The van der Waals surface area contributed by atoms with E-state index in [1.807, 2.05) is 0 Å². The normalized spacial score (nSPS) is 24.5. The molecule has 2 atom stereocenters. The first-order valence-corrected chi connectivity index (χ1v) is 6.25. The average molecular weight is 237 g/mol. The third-order valence-corrected chi connectivity index (χ3v) is 3.27. The van der Waals surface area contributed by atoms with Crippen molar-refractivity contribution in [2.45, 2.75) is 51.5 Å². The first kappa shape index (κ1) is 12.0. The third kappa shape index (κ3) is 3.80. The summed E-state index contributed by atoms with van der Waals surface area (Å²) >= 11 is 0. The maximum absolute atomic E-state index is 11.7. The molecule has 94 valence electrons. The smallest absolute Gasteiger partial charge is 0.220 e. The lowest BCUT2D eigenvalue weighted by Gasteiger charge is -2.27. The van der Waals surface area contributed by atoms with Crippen molar-refractivity contribution in [2.75, 3.05) is 0 Å². The fourth-order valence-electron chi connectivity index (χ4n) is 2.38. The number of carbonyl (C=O) groups is 1. The van der Waals surface area contributed by atoms with Gasteiger partial charge in [0, 0.05) is 18.9 Å². The van der Waals surface area contributed by atoms with Crippen molar-refractivity contribution >= 4 is 5.91 Å². The molecule has 0 radical (unpaired) electrons. The predicted molar refractivity (Wildman–Crippen MR) is 62.1 cm³/mol. The van der Waals surface area contributed by atoms with Gasteiger partial charge in [0.05, 0.1) is 0 Å². The monoisotopic (exact) mass is 237 g/mol. The van der Waals surface area contributed by atoms with Crippen LogP contribution >= 0.6 is 0 Å². The van der Waals surface area contributed by atoms with Crippen molar-refractivity contribution in [3.8, 4) is 0 Å². The second-order valence-corrected chi connectivity index (χ2v) is 4.86. The zero-order valence-corrected chi connectivity index (χ0v) is 10.1. The molecule has 2 unspecified atom stereocenters. The second kappa shape index (κ2) is 5.75. The lowest BCUT2D eigenvalue weighted by Crippen LogP contribution is -2.38. The summed E-state index contributed by atoms with van der Waals surface area (Å²) in [5, 5.41) is 16.6. The van der Waals surface area contributed by atoms with E-state index in [9.17, 15) is 4.79 Å². The fraction of sp³-hybridized carbons (Fsp3) is 0.818. The van der Waals surface area contributed by atoms with Crippen LogP contribution in [0.2, 0.25) is 0 Å². The van der Waals surface area contributed by atoms with Gasteiger partial charge in [-0.2, -0.15) is 5.21 Å². The number of aromatic nitrogens is 4. The summed E-state index contributed by atoms with van der Waals surface area (Å²) in [6.45, 7) is 2.25. The van der Waals surface area contributed by atoms with Gasteiger partial charge in [0.25, 0.3) is 0 Å². The number of nitrogens with zero attached hydrogens (tertiary/aromatic N) is 3. The summed E-state index contributed by atoms with van der Waals surface area (Å²) in [7, 11) is 0. The van der Waals surface area contributed by atoms with Crippen LogP contribution in [0.1, 0.15) is 44.9 Å². The molecule has 1 amide bonds. The minimum Gasteiger partial charge on any atom is -0.353 e. The second-order valence-electron chi connectivity index (χ2n) is 4.86. The molecular weight excluding hydrogens is 218 g/mol. The molecule has 0 bridgehead atoms. The molecule has 1 aromatic heterocycles. The van der Waals surface area contributed by atoms with Gasteiger partial charge >= 0.3 is 0 Å². The first-order valence-electron chi connectivity index (χ1n) is 6.25. The number of aryl methyl sites for hydroxylation is 1. The lowest BCUT2D eigenvalue weighted by atomic mass is 9.87. The Balaban J connectivity index is 1.70. The Morgan fingerprint density at radius 2 is 2.41 bits per heavy atom. The molecular formula is C11H19N5O. The van der Waals surface area contributed by atoms with E-state index in [0.29, 0.717) is 24.7 Å². The molecule has 6 nitrogen and oxygen atoms in total. The number of tetrazole rings is 1. The summed E-state index contributed by atoms with van der Waals surface area (Å²) in [5.41, 5.74) is 0. The van der Waals surface area contributed by atoms with Gasteiger partial charge in [-0.1, -0.05) is 25.0 Å². The van der Waals surface area contributed by atoms with Crippen LogP contribution in [0.15, 0.2) is 0 Å². The van der Waals surface area contributed by atoms with Gasteiger partial charge in [0.1, 0.15) is 0 Å². The van der Waals surface area contributed by atoms with Crippen molar-refractivity contribution in [3.63, 3.8) is 0 Å². The van der Waals surface area contributed by atoms with E-state index in [2.05, 4.69) is 32.9 Å². The highest BCUT2D eigenvalue weighted by molar-refractivity contribution is 5.76. The van der Waals surface area contributed by atoms with Crippen LogP contribution in [0.25, 0.3) is 0 Å². The minimum absolute atomic E-state index is 0.0916. The summed E-state index contributed by atoms with van der Waals surface area (Å²) in [4.78, 5) is 11.7. The number of hydrogen-bond donors (Lipinski definition) is 2. The number of carbonyl (C=O) groups excluding carboxylic acids is 1. The van der Waals surface area contributed by atoms with Crippen LogP contribution in [0.5, 0.6) is 0 Å². The molecule has 1 aromatic rings. The van der Waals surface area contributed by atoms with Crippen LogP contribution in [0.3, 0.4) is 0 Å². The van der Waals surface area contributed by atoms with Gasteiger partial charge in [-0.25, -0.2) is 0 Å². The zero-order valence-electron chi connectivity index (χ0n) is 10.1. The molecule has 2 rings (SSSR count). The van der Waals surface area contributed by atoms with Crippen LogP contribution in [-0.2, 0) is 11.2 Å². The van der Waals surface area contributed by atoms with E-state index in [-0.39, 0.29) is 5.91 Å². The molecule has 1 saturated carbocycles. The Morgan fingerprint density at radius 3 is 3.12 bits per heavy atom. The molecule has 0 saturated heterocycles. The minimum atomic E-state index is 0.0916. The number of hydrogen-bond acceptors (Lipinski definition) is 4. The highest BCUT2D eigenvalue weighted by atomic mass is 16.1. The highest BCUT2D eigenvalue weighted by Crippen LogP contribution is 2.23. The SMILES string of the molecule is CC1CCCC(NC(=O)CCc2nn[nH]n2)C1. The van der Waals surface area contributed by atoms with E-state index >= 15 is 0 Å². The standard InChI is InChI=1S/C11H19N5O/c1-8-3-2-4-9(7-8)12-11(17)6-5-10-13-15-16-14-10/h8-9H,2-7H2,1H3,(H,12,17)(H,13,14,15,16). The highest BCUT2D eigenvalue weighted by Gasteiger charge is 2.20. The van der Waals surface area contributed by atoms with E-state index in [1.54, 1.807) is 0 Å². The Morgan fingerprint density at radius 1 is 1.53 bits per heavy atom. The summed E-state index contributed by atoms with van der Waals surface area (Å²) in [6, 6.07) is 0.358. The Hall–Kier alpha value is -1.46. The van der Waals surface area contributed by atoms with E-state index < -0.39 is 0 Å². The van der Waals surface area contributed by atoms with Crippen molar-refractivity contribution in [2.24, 2.45) is 5.92 Å². The van der Waals surface area contributed by atoms with Gasteiger partial charge in [-0.15, -0.1) is 10.2 Å². The van der Waals surface area contributed by atoms with Gasteiger partial charge in [0.15, 0.2) is 5.82 Å². The van der Waals surface area contributed by atoms with Crippen molar-refractivity contribution in [1.82, 2.24) is 25.9 Å². The fourth-order valence-corrected chi connectivity index (χ4v) is 2.38. The summed E-state index contributed by atoms with van der Waals surface area (Å²) in [6.07, 6.45) is 5.70. The van der Waals surface area contributed by atoms with E-state index in [4.69, 9.17) is 0 Å². The zero-order chi connectivity index (χ0) is 12.1. The summed E-state index contributed by atoms with van der Waals surface area (Å²) < 4.78 is 0. The molecule has 6 heteroatoms. The lowest BCUT2D eigenvalue weighted by molar-refractivity contribution is -0.122. The van der Waals surface area contributed by atoms with Crippen molar-refractivity contribution in [1.29, 1.82) is 0 Å². The Labute approximate surface area is 101 Å². The number of aromatic amines is 1. The first-order chi connectivity index (χ1) is 8.24. The maximum atomic E-state index is 11.7. The maximum Gasteiger partial charge on any atom is 0.220 e. The number of H-pyrrole nitrogens is 1. The number of nitrogens with one attached hydrogen (secondary N) is 2. The van der Waals surface area contributed by atoms with Gasteiger partial charge in [0.2, 0.25) is 5.91 Å². The van der Waals surface area contributed by atoms with Gasteiger partial charge < -0.3 is 5.32 Å². The molecule has 0 spiro atoms. The quantitative estimate of drug-likeness (QED) is 0.812. The Bertz CT molecular complexity index is 351.